The molecule has 0 saturated heterocycles. The Kier molecular flexibility index (Phi) is 1.60. The van der Waals surface area contributed by atoms with Crippen molar-refractivity contribution in [3.63, 3.8) is 0 Å². The van der Waals surface area contributed by atoms with Crippen molar-refractivity contribution in [2.75, 3.05) is 0 Å². The summed E-state index contributed by atoms with van der Waals surface area (Å²) < 4.78 is 57.4. The molecule has 1 aliphatic carbocycles. The molecule has 0 aromatic rings. The summed E-state index contributed by atoms with van der Waals surface area (Å²) in [6, 6.07) is 0. The van der Waals surface area contributed by atoms with E-state index in [1.807, 2.05) is 0 Å². The molecule has 1 radical (unpaired) electrons. The van der Waals surface area contributed by atoms with Gasteiger partial charge in [0.2, 0.25) is 6.43 Å². The summed E-state index contributed by atoms with van der Waals surface area (Å²) in [6.07, 6.45) is -6.72. The van der Waals surface area contributed by atoms with Gasteiger partial charge in [-0.25, -0.2) is 8.78 Å². The van der Waals surface area contributed by atoms with Crippen LogP contribution in [0.3, 0.4) is 0 Å². The van der Waals surface area contributed by atoms with Crippen LogP contribution in [0.15, 0.2) is 0 Å². The molecular weight excluding hydrogens is 155 g/mol. The number of hydrogen-bond donors (Lipinski definition) is 0. The molecule has 10 heavy (non-hydrogen) atoms. The van der Waals surface area contributed by atoms with Crippen molar-refractivity contribution in [3.05, 3.63) is 6.42 Å². The molecule has 0 aliphatic heterocycles. The smallest absolute Gasteiger partial charge is 0.210 e. The minimum atomic E-state index is -4.47. The summed E-state index contributed by atoms with van der Waals surface area (Å²) in [5, 5.41) is 0. The molecular formula is C5H4F5. The summed E-state index contributed by atoms with van der Waals surface area (Å²) in [5.74, 6) is -3.42. The lowest BCUT2D eigenvalue weighted by atomic mass is 10.3. The largest absolute Gasteiger partial charge is 0.392 e. The third-order valence-electron chi connectivity index (χ3n) is 1.37. The maximum Gasteiger partial charge on any atom is 0.392 e. The van der Waals surface area contributed by atoms with E-state index >= 15 is 0 Å². The normalized spacial score (nSPS) is 33.0. The minimum Gasteiger partial charge on any atom is -0.210 e. The molecule has 0 aromatic carbocycles. The van der Waals surface area contributed by atoms with Crippen molar-refractivity contribution in [1.29, 1.82) is 0 Å². The fourth-order valence-electron chi connectivity index (χ4n) is 0.743. The van der Waals surface area contributed by atoms with Gasteiger partial charge in [-0.1, -0.05) is 0 Å². The Labute approximate surface area is 54.0 Å². The van der Waals surface area contributed by atoms with Crippen molar-refractivity contribution < 1.29 is 22.0 Å². The maximum absolute atomic E-state index is 11.5. The van der Waals surface area contributed by atoms with Gasteiger partial charge in [-0.05, 0) is 6.42 Å². The topological polar surface area (TPSA) is 0 Å². The van der Waals surface area contributed by atoms with Crippen molar-refractivity contribution in [2.45, 2.75) is 12.6 Å². The predicted octanol–water partition coefficient (Wildman–Crippen LogP) is 2.26. The zero-order chi connectivity index (χ0) is 7.94. The molecule has 0 bridgehead atoms. The second kappa shape index (κ2) is 2.07. The summed E-state index contributed by atoms with van der Waals surface area (Å²) in [4.78, 5) is 0. The van der Waals surface area contributed by atoms with E-state index < -0.39 is 24.4 Å². The van der Waals surface area contributed by atoms with Gasteiger partial charge in [-0.3, -0.25) is 0 Å². The quantitative estimate of drug-likeness (QED) is 0.515. The summed E-state index contributed by atoms with van der Waals surface area (Å²) in [6.45, 7) is 0. The van der Waals surface area contributed by atoms with Crippen molar-refractivity contribution >= 4 is 0 Å². The molecule has 0 N–H and O–H groups in total. The lowest BCUT2D eigenvalue weighted by Crippen LogP contribution is -2.14. The molecule has 0 aromatic heterocycles. The van der Waals surface area contributed by atoms with Crippen LogP contribution in [0.2, 0.25) is 0 Å². The van der Waals surface area contributed by atoms with E-state index in [4.69, 9.17) is 0 Å². The fourth-order valence-corrected chi connectivity index (χ4v) is 0.743. The highest BCUT2D eigenvalue weighted by atomic mass is 19.4. The number of alkyl halides is 5. The standard InChI is InChI=1S/C5H4F5/c6-4(7)2-1-3(2)5(8,9)10/h1-4H. The Bertz CT molecular complexity index is 126. The van der Waals surface area contributed by atoms with E-state index in [-0.39, 0.29) is 0 Å². The fraction of sp³-hybridized carbons (Fsp3) is 0.800. The van der Waals surface area contributed by atoms with Crippen molar-refractivity contribution in [2.24, 2.45) is 11.8 Å². The Morgan fingerprint density at radius 3 is 1.80 bits per heavy atom. The summed E-state index contributed by atoms with van der Waals surface area (Å²) in [7, 11) is 0. The minimum absolute atomic E-state index is 0.616. The lowest BCUT2D eigenvalue weighted by Gasteiger charge is -2.03. The molecule has 2 unspecified atom stereocenters. The number of halogens is 5. The molecule has 1 saturated carbocycles. The Balaban J connectivity index is 2.39. The monoisotopic (exact) mass is 159 g/mol. The van der Waals surface area contributed by atoms with Crippen LogP contribution < -0.4 is 0 Å². The zero-order valence-corrected chi connectivity index (χ0v) is 4.70. The van der Waals surface area contributed by atoms with E-state index in [1.54, 1.807) is 0 Å². The van der Waals surface area contributed by atoms with E-state index in [9.17, 15) is 22.0 Å². The van der Waals surface area contributed by atoms with Gasteiger partial charge in [0.1, 0.15) is 0 Å². The third-order valence-corrected chi connectivity index (χ3v) is 1.37. The first kappa shape index (κ1) is 7.75. The van der Waals surface area contributed by atoms with Crippen LogP contribution in [0, 0.1) is 18.3 Å². The molecule has 0 heterocycles. The molecule has 59 valence electrons. The van der Waals surface area contributed by atoms with Gasteiger partial charge in [0, 0.05) is 5.92 Å². The van der Waals surface area contributed by atoms with Crippen LogP contribution in [0.4, 0.5) is 22.0 Å². The summed E-state index contributed by atoms with van der Waals surface area (Å²) in [5.41, 5.74) is 0. The second-order valence-electron chi connectivity index (χ2n) is 2.17. The molecule has 5 heteroatoms. The first-order valence-electron chi connectivity index (χ1n) is 2.63. The van der Waals surface area contributed by atoms with Crippen LogP contribution in [0.5, 0.6) is 0 Å². The summed E-state index contributed by atoms with van der Waals surface area (Å²) >= 11 is 0. The molecule has 1 aliphatic rings. The SMILES string of the molecule is FC(F)C1[CH]C1C(F)(F)F. The number of rotatable bonds is 1. The van der Waals surface area contributed by atoms with Crippen LogP contribution in [0.1, 0.15) is 0 Å². The van der Waals surface area contributed by atoms with Gasteiger partial charge in [-0.15, -0.1) is 0 Å². The van der Waals surface area contributed by atoms with Gasteiger partial charge in [0.05, 0.1) is 5.92 Å². The van der Waals surface area contributed by atoms with Crippen LogP contribution in [0.25, 0.3) is 0 Å². The molecule has 1 fully saturated rings. The number of hydrogen-bond acceptors (Lipinski definition) is 0. The van der Waals surface area contributed by atoms with E-state index in [2.05, 4.69) is 0 Å². The molecule has 0 spiro atoms. The van der Waals surface area contributed by atoms with Gasteiger partial charge in [-0.2, -0.15) is 13.2 Å². The molecule has 0 amide bonds. The van der Waals surface area contributed by atoms with Gasteiger partial charge in [0.25, 0.3) is 0 Å². The van der Waals surface area contributed by atoms with Gasteiger partial charge < -0.3 is 0 Å². The van der Waals surface area contributed by atoms with Gasteiger partial charge >= 0.3 is 6.18 Å². The first-order valence-corrected chi connectivity index (χ1v) is 2.63. The average Bonchev–Trinajstić information content (AvgIpc) is 2.35. The second-order valence-corrected chi connectivity index (χ2v) is 2.17. The Hall–Kier alpha value is -0.350. The predicted molar refractivity (Wildman–Crippen MR) is 23.3 cm³/mol. The highest BCUT2D eigenvalue weighted by Crippen LogP contribution is 2.51. The Morgan fingerprint density at radius 2 is 1.70 bits per heavy atom. The highest BCUT2D eigenvalue weighted by molar-refractivity contribution is 5.10. The van der Waals surface area contributed by atoms with E-state index in [0.717, 1.165) is 0 Å². The molecule has 2 atom stereocenters. The van der Waals surface area contributed by atoms with Crippen molar-refractivity contribution in [1.82, 2.24) is 0 Å². The van der Waals surface area contributed by atoms with Crippen LogP contribution in [-0.2, 0) is 0 Å². The first-order chi connectivity index (χ1) is 4.43. The highest BCUT2D eigenvalue weighted by Gasteiger charge is 2.59. The average molecular weight is 159 g/mol. The van der Waals surface area contributed by atoms with Crippen LogP contribution >= 0.6 is 0 Å². The van der Waals surface area contributed by atoms with Crippen LogP contribution in [-0.4, -0.2) is 12.6 Å². The van der Waals surface area contributed by atoms with Gasteiger partial charge in [0.15, 0.2) is 0 Å². The third kappa shape index (κ3) is 1.38. The lowest BCUT2D eigenvalue weighted by molar-refractivity contribution is -0.153. The van der Waals surface area contributed by atoms with Crippen molar-refractivity contribution in [3.8, 4) is 0 Å². The Morgan fingerprint density at radius 1 is 1.20 bits per heavy atom. The molecule has 1 rings (SSSR count). The zero-order valence-electron chi connectivity index (χ0n) is 4.70. The van der Waals surface area contributed by atoms with E-state index in [1.165, 1.54) is 0 Å². The van der Waals surface area contributed by atoms with E-state index in [0.29, 0.717) is 6.42 Å². The molecule has 0 nitrogen and oxygen atoms in total. The maximum atomic E-state index is 11.5.